The molecule has 0 atom stereocenters. The van der Waals surface area contributed by atoms with Crippen LogP contribution in [0.1, 0.15) is 27.1 Å². The number of ketones is 1. The van der Waals surface area contributed by atoms with Crippen molar-refractivity contribution in [2.24, 2.45) is 5.73 Å². The summed E-state index contributed by atoms with van der Waals surface area (Å²) in [6.07, 6.45) is 0. The van der Waals surface area contributed by atoms with Crippen LogP contribution in [0.5, 0.6) is 0 Å². The molecule has 0 unspecified atom stereocenters. The van der Waals surface area contributed by atoms with Gasteiger partial charge in [-0.15, -0.1) is 0 Å². The number of thiazole rings is 1. The predicted octanol–water partition coefficient (Wildman–Crippen LogP) is -0.0589. The van der Waals surface area contributed by atoms with E-state index in [1.54, 1.807) is 0 Å². The number of carbonyl (C=O) groups is 3. The maximum absolute atomic E-state index is 11.1. The maximum Gasteiger partial charge on any atom is 0.356 e. The lowest BCUT2D eigenvalue weighted by molar-refractivity contribution is -0.116. The molecule has 0 aliphatic carbocycles. The summed E-state index contributed by atoms with van der Waals surface area (Å²) in [5.41, 5.74) is 4.58. The molecule has 1 rings (SSSR count). The molecular weight excluding hydrogens is 234 g/mol. The second kappa shape index (κ2) is 4.71. The average molecular weight is 243 g/mol. The SMILES string of the molecule is CC(=O)c1sc(NCC(N)=O)nc1C(=O)O. The van der Waals surface area contributed by atoms with E-state index in [0.717, 1.165) is 11.3 Å². The molecule has 1 aromatic heterocycles. The minimum atomic E-state index is -1.28. The zero-order valence-corrected chi connectivity index (χ0v) is 9.13. The lowest BCUT2D eigenvalue weighted by Crippen LogP contribution is -2.21. The molecule has 16 heavy (non-hydrogen) atoms. The van der Waals surface area contributed by atoms with Crippen molar-refractivity contribution in [3.63, 3.8) is 0 Å². The van der Waals surface area contributed by atoms with Crippen molar-refractivity contribution in [1.29, 1.82) is 0 Å². The molecule has 1 amide bonds. The number of anilines is 1. The number of aromatic nitrogens is 1. The van der Waals surface area contributed by atoms with Crippen molar-refractivity contribution in [3.05, 3.63) is 10.6 Å². The summed E-state index contributed by atoms with van der Waals surface area (Å²) in [4.78, 5) is 36.1. The van der Waals surface area contributed by atoms with Crippen LogP contribution >= 0.6 is 11.3 Å². The smallest absolute Gasteiger partial charge is 0.356 e. The van der Waals surface area contributed by atoms with Gasteiger partial charge in [-0.05, 0) is 0 Å². The number of hydrogen-bond acceptors (Lipinski definition) is 6. The van der Waals surface area contributed by atoms with E-state index in [9.17, 15) is 14.4 Å². The van der Waals surface area contributed by atoms with E-state index in [4.69, 9.17) is 10.8 Å². The van der Waals surface area contributed by atoms with Crippen LogP contribution in [-0.4, -0.2) is 34.3 Å². The molecule has 0 aliphatic heterocycles. The second-order valence-electron chi connectivity index (χ2n) is 2.88. The molecule has 0 radical (unpaired) electrons. The van der Waals surface area contributed by atoms with Gasteiger partial charge in [0, 0.05) is 6.92 Å². The molecule has 86 valence electrons. The number of amides is 1. The number of carboxylic acid groups (broad SMARTS) is 1. The van der Waals surface area contributed by atoms with Crippen LogP contribution in [0, 0.1) is 0 Å². The Hall–Kier alpha value is -1.96. The average Bonchev–Trinajstić information content (AvgIpc) is 2.58. The molecule has 0 spiro atoms. The third-order valence-electron chi connectivity index (χ3n) is 1.56. The molecule has 7 nitrogen and oxygen atoms in total. The maximum atomic E-state index is 11.1. The predicted molar refractivity (Wildman–Crippen MR) is 56.8 cm³/mol. The van der Waals surface area contributed by atoms with Crippen molar-refractivity contribution in [2.75, 3.05) is 11.9 Å². The van der Waals surface area contributed by atoms with E-state index in [2.05, 4.69) is 10.3 Å². The molecule has 4 N–H and O–H groups in total. The zero-order valence-electron chi connectivity index (χ0n) is 8.31. The molecule has 0 aliphatic rings. The van der Waals surface area contributed by atoms with E-state index >= 15 is 0 Å². The summed E-state index contributed by atoms with van der Waals surface area (Å²) in [7, 11) is 0. The van der Waals surface area contributed by atoms with Crippen molar-refractivity contribution >= 4 is 34.1 Å². The molecule has 8 heteroatoms. The summed E-state index contributed by atoms with van der Waals surface area (Å²) in [5.74, 6) is -2.27. The number of carbonyl (C=O) groups excluding carboxylic acids is 2. The van der Waals surface area contributed by atoms with Gasteiger partial charge in [-0.3, -0.25) is 9.59 Å². The molecule has 0 bridgehead atoms. The Balaban J connectivity index is 2.97. The van der Waals surface area contributed by atoms with Gasteiger partial charge in [0.2, 0.25) is 5.91 Å². The van der Waals surface area contributed by atoms with Gasteiger partial charge >= 0.3 is 5.97 Å². The van der Waals surface area contributed by atoms with Crippen molar-refractivity contribution in [2.45, 2.75) is 6.92 Å². The molecule has 0 saturated carbocycles. The van der Waals surface area contributed by atoms with Crippen LogP contribution < -0.4 is 11.1 Å². The number of nitrogens with two attached hydrogens (primary N) is 1. The van der Waals surface area contributed by atoms with E-state index in [-0.39, 0.29) is 28.0 Å². The third-order valence-corrected chi connectivity index (χ3v) is 2.68. The topological polar surface area (TPSA) is 122 Å². The minimum Gasteiger partial charge on any atom is -0.476 e. The largest absolute Gasteiger partial charge is 0.476 e. The number of aromatic carboxylic acids is 1. The first-order valence-electron chi connectivity index (χ1n) is 4.19. The molecule has 0 fully saturated rings. The first kappa shape index (κ1) is 12.1. The highest BCUT2D eigenvalue weighted by Crippen LogP contribution is 2.23. The highest BCUT2D eigenvalue weighted by Gasteiger charge is 2.20. The Bertz CT molecular complexity index is 423. The van der Waals surface area contributed by atoms with Crippen molar-refractivity contribution < 1.29 is 19.5 Å². The number of nitrogens with one attached hydrogen (secondary N) is 1. The first-order valence-corrected chi connectivity index (χ1v) is 5.00. The minimum absolute atomic E-state index is 0.0412. The van der Waals surface area contributed by atoms with Gasteiger partial charge in [0.1, 0.15) is 4.88 Å². The van der Waals surface area contributed by atoms with E-state index in [1.807, 2.05) is 0 Å². The van der Waals surface area contributed by atoms with Gasteiger partial charge in [-0.2, -0.15) is 0 Å². The number of hydrogen-bond donors (Lipinski definition) is 3. The fourth-order valence-corrected chi connectivity index (χ4v) is 1.79. The normalized spacial score (nSPS) is 9.81. The van der Waals surface area contributed by atoms with Crippen LogP contribution in [0.3, 0.4) is 0 Å². The fourth-order valence-electron chi connectivity index (χ4n) is 0.942. The summed E-state index contributed by atoms with van der Waals surface area (Å²) >= 11 is 0.878. The molecule has 0 aromatic carbocycles. The number of carboxylic acids is 1. The van der Waals surface area contributed by atoms with Gasteiger partial charge in [0.15, 0.2) is 16.6 Å². The van der Waals surface area contributed by atoms with Crippen LogP contribution in [0.4, 0.5) is 5.13 Å². The van der Waals surface area contributed by atoms with Crippen molar-refractivity contribution in [3.8, 4) is 0 Å². The quantitative estimate of drug-likeness (QED) is 0.623. The number of primary amides is 1. The van der Waals surface area contributed by atoms with Crippen LogP contribution in [0.15, 0.2) is 0 Å². The molecule has 0 saturated heterocycles. The Morgan fingerprint density at radius 1 is 1.50 bits per heavy atom. The third kappa shape index (κ3) is 2.76. The first-order chi connectivity index (χ1) is 7.41. The monoisotopic (exact) mass is 243 g/mol. The molecule has 1 heterocycles. The highest BCUT2D eigenvalue weighted by molar-refractivity contribution is 7.17. The van der Waals surface area contributed by atoms with Gasteiger partial charge in [-0.1, -0.05) is 11.3 Å². The lowest BCUT2D eigenvalue weighted by Gasteiger charge is -1.95. The van der Waals surface area contributed by atoms with Gasteiger partial charge in [0.05, 0.1) is 6.54 Å². The van der Waals surface area contributed by atoms with Gasteiger partial charge < -0.3 is 16.2 Å². The van der Waals surface area contributed by atoms with E-state index < -0.39 is 11.9 Å². The lowest BCUT2D eigenvalue weighted by atomic mass is 10.3. The van der Waals surface area contributed by atoms with Gasteiger partial charge in [0.25, 0.3) is 0 Å². The summed E-state index contributed by atoms with van der Waals surface area (Å²) in [6, 6.07) is 0. The number of Topliss-reactive ketones (excluding diaryl/α,β-unsaturated/α-hetero) is 1. The number of nitrogens with zero attached hydrogens (tertiary/aromatic N) is 1. The zero-order chi connectivity index (χ0) is 12.3. The van der Waals surface area contributed by atoms with E-state index in [1.165, 1.54) is 6.92 Å². The second-order valence-corrected chi connectivity index (χ2v) is 3.88. The summed E-state index contributed by atoms with van der Waals surface area (Å²) in [5, 5.41) is 11.5. The summed E-state index contributed by atoms with van der Waals surface area (Å²) < 4.78 is 0. The van der Waals surface area contributed by atoms with Crippen molar-refractivity contribution in [1.82, 2.24) is 4.98 Å². The Labute approximate surface area is 94.3 Å². The van der Waals surface area contributed by atoms with Gasteiger partial charge in [-0.25, -0.2) is 9.78 Å². The molecule has 1 aromatic rings. The molecular formula is C8H9N3O4S. The number of rotatable bonds is 5. The van der Waals surface area contributed by atoms with Crippen LogP contribution in [0.25, 0.3) is 0 Å². The van der Waals surface area contributed by atoms with E-state index in [0.29, 0.717) is 0 Å². The fraction of sp³-hybridized carbons (Fsp3) is 0.250. The standard InChI is InChI=1S/C8H9N3O4S/c1-3(12)6-5(7(14)15)11-8(16-6)10-2-4(9)13/h2H2,1H3,(H2,9,13)(H,10,11)(H,14,15). The van der Waals surface area contributed by atoms with Crippen LogP contribution in [-0.2, 0) is 4.79 Å². The highest BCUT2D eigenvalue weighted by atomic mass is 32.1. The van der Waals surface area contributed by atoms with Crippen LogP contribution in [0.2, 0.25) is 0 Å². The Morgan fingerprint density at radius 2 is 2.12 bits per heavy atom. The Kier molecular flexibility index (Phi) is 3.56. The Morgan fingerprint density at radius 3 is 2.50 bits per heavy atom. The summed E-state index contributed by atoms with van der Waals surface area (Å²) in [6.45, 7) is 1.09.